The van der Waals surface area contributed by atoms with Crippen LogP contribution in [-0.2, 0) is 0 Å². The van der Waals surface area contributed by atoms with Gasteiger partial charge in [-0.3, -0.25) is 0 Å². The number of allylic oxidation sites excluding steroid dienone is 2. The first-order chi connectivity index (χ1) is 5.42. The van der Waals surface area contributed by atoms with E-state index in [1.54, 1.807) is 0 Å². The molecule has 0 aromatic rings. The molecule has 0 aromatic heterocycles. The maximum absolute atomic E-state index is 8.77. The van der Waals surface area contributed by atoms with Gasteiger partial charge in [-0.2, -0.15) is 5.26 Å². The minimum Gasteiger partial charge on any atom is -0.301 e. The van der Waals surface area contributed by atoms with E-state index >= 15 is 0 Å². The molecule has 1 aliphatic heterocycles. The molecule has 2 rings (SSSR count). The average Bonchev–Trinajstić information content (AvgIpc) is 2.47. The summed E-state index contributed by atoms with van der Waals surface area (Å²) in [6, 6.07) is 2.43. The highest BCUT2D eigenvalue weighted by Crippen LogP contribution is 2.31. The Morgan fingerprint density at radius 3 is 3.00 bits per heavy atom. The number of nitrogens with zero attached hydrogens (tertiary/aromatic N) is 1. The first-order valence-corrected chi connectivity index (χ1v) is 4.20. The molecule has 11 heavy (non-hydrogen) atoms. The van der Waals surface area contributed by atoms with Crippen LogP contribution in [0.3, 0.4) is 0 Å². The van der Waals surface area contributed by atoms with E-state index in [9.17, 15) is 0 Å². The summed E-state index contributed by atoms with van der Waals surface area (Å²) in [6.07, 6.45) is 6.70. The molecule has 2 heteroatoms. The third-order valence-corrected chi connectivity index (χ3v) is 2.79. The molecule has 0 bridgehead atoms. The Morgan fingerprint density at radius 2 is 2.18 bits per heavy atom. The first kappa shape index (κ1) is 6.87. The lowest BCUT2D eigenvalue weighted by Crippen LogP contribution is -2.25. The van der Waals surface area contributed by atoms with E-state index in [2.05, 4.69) is 23.5 Å². The monoisotopic (exact) mass is 148 g/mol. The average molecular weight is 148 g/mol. The van der Waals surface area contributed by atoms with Crippen molar-refractivity contribution in [3.05, 3.63) is 12.2 Å². The molecule has 1 N–H and O–H groups in total. The van der Waals surface area contributed by atoms with Crippen LogP contribution in [0.25, 0.3) is 0 Å². The van der Waals surface area contributed by atoms with Crippen LogP contribution in [0.5, 0.6) is 0 Å². The molecule has 2 nitrogen and oxygen atoms in total. The number of fused-ring (bicyclic) bond motifs is 1. The highest BCUT2D eigenvalue weighted by atomic mass is 15.0. The molecule has 0 radical (unpaired) electrons. The van der Waals surface area contributed by atoms with Crippen LogP contribution in [0.4, 0.5) is 0 Å². The van der Waals surface area contributed by atoms with Gasteiger partial charge in [0, 0.05) is 0 Å². The zero-order valence-corrected chi connectivity index (χ0v) is 6.46. The molecule has 0 amide bonds. The van der Waals surface area contributed by atoms with Crippen molar-refractivity contribution in [2.75, 3.05) is 6.54 Å². The summed E-state index contributed by atoms with van der Waals surface area (Å²) in [6.45, 7) is 1.03. The molecule has 1 heterocycles. The van der Waals surface area contributed by atoms with Crippen LogP contribution in [0, 0.1) is 23.2 Å². The summed E-state index contributed by atoms with van der Waals surface area (Å²) in [4.78, 5) is 0. The lowest BCUT2D eigenvalue weighted by atomic mass is 9.82. The molecule has 0 unspecified atom stereocenters. The van der Waals surface area contributed by atoms with Crippen molar-refractivity contribution >= 4 is 0 Å². The van der Waals surface area contributed by atoms with Gasteiger partial charge in [0.15, 0.2) is 0 Å². The molecule has 1 saturated heterocycles. The molecule has 1 fully saturated rings. The fourth-order valence-electron chi connectivity index (χ4n) is 2.11. The van der Waals surface area contributed by atoms with E-state index in [1.807, 2.05) is 0 Å². The van der Waals surface area contributed by atoms with Gasteiger partial charge < -0.3 is 5.32 Å². The molecular weight excluding hydrogens is 136 g/mol. The van der Waals surface area contributed by atoms with E-state index in [0.717, 1.165) is 25.3 Å². The van der Waals surface area contributed by atoms with Crippen LogP contribution in [0.15, 0.2) is 12.2 Å². The maximum atomic E-state index is 8.77. The molecule has 0 saturated carbocycles. The van der Waals surface area contributed by atoms with Crippen LogP contribution in [0.1, 0.15) is 12.8 Å². The van der Waals surface area contributed by atoms with E-state index in [0.29, 0.717) is 5.92 Å². The van der Waals surface area contributed by atoms with Crippen molar-refractivity contribution in [2.24, 2.45) is 11.8 Å². The van der Waals surface area contributed by atoms with Crippen molar-refractivity contribution in [2.45, 2.75) is 18.9 Å². The molecule has 58 valence electrons. The molecule has 2 aliphatic rings. The predicted molar refractivity (Wildman–Crippen MR) is 42.8 cm³/mol. The van der Waals surface area contributed by atoms with Gasteiger partial charge in [-0.1, -0.05) is 12.2 Å². The van der Waals surface area contributed by atoms with Gasteiger partial charge >= 0.3 is 0 Å². The number of hydrogen-bond acceptors (Lipinski definition) is 2. The Labute approximate surface area is 66.9 Å². The van der Waals surface area contributed by atoms with Crippen molar-refractivity contribution in [1.29, 1.82) is 5.26 Å². The van der Waals surface area contributed by atoms with E-state index < -0.39 is 0 Å². The Balaban J connectivity index is 2.12. The summed E-state index contributed by atoms with van der Waals surface area (Å²) in [5, 5.41) is 12.0. The molecule has 1 aliphatic carbocycles. The Hall–Kier alpha value is -0.810. The Bertz CT molecular complexity index is 214. The normalized spacial score (nSPS) is 41.5. The topological polar surface area (TPSA) is 35.8 Å². The smallest absolute Gasteiger partial charge is 0.0987 e. The van der Waals surface area contributed by atoms with E-state index in [-0.39, 0.29) is 6.04 Å². The van der Waals surface area contributed by atoms with Gasteiger partial charge in [0.2, 0.25) is 0 Å². The summed E-state index contributed by atoms with van der Waals surface area (Å²) >= 11 is 0. The summed E-state index contributed by atoms with van der Waals surface area (Å²) in [5.41, 5.74) is 0. The quantitative estimate of drug-likeness (QED) is 0.521. The second kappa shape index (κ2) is 2.67. The van der Waals surface area contributed by atoms with Crippen LogP contribution in [-0.4, -0.2) is 12.6 Å². The molecule has 3 atom stereocenters. The summed E-state index contributed by atoms with van der Waals surface area (Å²) in [5.74, 6) is 1.31. The summed E-state index contributed by atoms with van der Waals surface area (Å²) < 4.78 is 0. The maximum Gasteiger partial charge on any atom is 0.0987 e. The minimum atomic E-state index is 0.116. The van der Waals surface area contributed by atoms with Gasteiger partial charge in [0.05, 0.1) is 12.1 Å². The Kier molecular flexibility index (Phi) is 1.67. The molecular formula is C9H12N2. The van der Waals surface area contributed by atoms with Crippen molar-refractivity contribution in [1.82, 2.24) is 5.32 Å². The van der Waals surface area contributed by atoms with E-state index in [4.69, 9.17) is 5.26 Å². The highest BCUT2D eigenvalue weighted by Gasteiger charge is 2.35. The van der Waals surface area contributed by atoms with Crippen molar-refractivity contribution in [3.63, 3.8) is 0 Å². The lowest BCUT2D eigenvalue weighted by Gasteiger charge is -2.20. The standard InChI is InChI=1S/C9H12N2/c10-5-9-8-4-2-1-3-7(8)6-11-9/h1-2,7-9,11H,3-4,6H2/t7-,8-,9+/m0/s1. The minimum absolute atomic E-state index is 0.116. The number of hydrogen-bond donors (Lipinski definition) is 1. The van der Waals surface area contributed by atoms with Gasteiger partial charge in [-0.05, 0) is 31.2 Å². The fourth-order valence-corrected chi connectivity index (χ4v) is 2.11. The molecule has 0 aromatic carbocycles. The highest BCUT2D eigenvalue weighted by molar-refractivity contribution is 5.09. The van der Waals surface area contributed by atoms with Crippen LogP contribution < -0.4 is 5.32 Å². The van der Waals surface area contributed by atoms with Gasteiger partial charge in [0.1, 0.15) is 0 Å². The van der Waals surface area contributed by atoms with Gasteiger partial charge in [-0.25, -0.2) is 0 Å². The summed E-state index contributed by atoms with van der Waals surface area (Å²) in [7, 11) is 0. The first-order valence-electron chi connectivity index (χ1n) is 4.20. The SMILES string of the molecule is N#C[C@H]1NC[C@@H]2CC=CC[C@@H]21. The largest absolute Gasteiger partial charge is 0.301 e. The van der Waals surface area contributed by atoms with E-state index in [1.165, 1.54) is 0 Å². The van der Waals surface area contributed by atoms with Crippen LogP contribution in [0.2, 0.25) is 0 Å². The van der Waals surface area contributed by atoms with Crippen molar-refractivity contribution < 1.29 is 0 Å². The number of nitrogens with one attached hydrogen (secondary N) is 1. The van der Waals surface area contributed by atoms with Gasteiger partial charge in [0.25, 0.3) is 0 Å². The zero-order chi connectivity index (χ0) is 7.68. The van der Waals surface area contributed by atoms with Crippen molar-refractivity contribution in [3.8, 4) is 6.07 Å². The number of rotatable bonds is 0. The molecule has 0 spiro atoms. The third-order valence-electron chi connectivity index (χ3n) is 2.79. The Morgan fingerprint density at radius 1 is 1.36 bits per heavy atom. The predicted octanol–water partition coefficient (Wildman–Crippen LogP) is 1.06. The second-order valence-electron chi connectivity index (χ2n) is 3.38. The van der Waals surface area contributed by atoms with Gasteiger partial charge in [-0.15, -0.1) is 0 Å². The fraction of sp³-hybridized carbons (Fsp3) is 0.667. The lowest BCUT2D eigenvalue weighted by molar-refractivity contribution is 0.386. The number of nitriles is 1. The van der Waals surface area contributed by atoms with Crippen LogP contribution >= 0.6 is 0 Å². The zero-order valence-electron chi connectivity index (χ0n) is 6.46. The third kappa shape index (κ3) is 1.06. The second-order valence-corrected chi connectivity index (χ2v) is 3.38.